The van der Waals surface area contributed by atoms with E-state index >= 15 is 0 Å². The van der Waals surface area contributed by atoms with E-state index in [1.807, 2.05) is 48.5 Å². The number of fused-ring (bicyclic) bond motifs is 2. The van der Waals surface area contributed by atoms with Gasteiger partial charge in [-0.1, -0.05) is 65.8 Å². The van der Waals surface area contributed by atoms with Crippen LogP contribution in [0, 0.1) is 23.7 Å². The van der Waals surface area contributed by atoms with Crippen LogP contribution in [0.5, 0.6) is 0 Å². The Labute approximate surface area is 406 Å². The van der Waals surface area contributed by atoms with Crippen molar-refractivity contribution in [2.75, 3.05) is 56.1 Å². The summed E-state index contributed by atoms with van der Waals surface area (Å²) in [5, 5.41) is 9.39. The molecule has 0 aromatic heterocycles. The molecule has 13 nitrogen and oxygen atoms in total. The number of piperazine rings is 1. The molecule has 0 unspecified atom stereocenters. The van der Waals surface area contributed by atoms with E-state index in [0.29, 0.717) is 38.8 Å². The molecule has 3 heterocycles. The average Bonchev–Trinajstić information content (AvgIpc) is 4.05. The zero-order valence-corrected chi connectivity index (χ0v) is 42.4. The smallest absolute Gasteiger partial charge is 0.246 e. The number of likely N-dealkylation sites (N-methyl/N-ethyl adjacent to an activating group) is 1. The first-order chi connectivity index (χ1) is 32.6. The second kappa shape index (κ2) is 22.8. The van der Waals surface area contributed by atoms with Gasteiger partial charge in [0.15, 0.2) is 5.78 Å². The third-order valence-electron chi connectivity index (χ3n) is 16.3. The van der Waals surface area contributed by atoms with Crippen LogP contribution in [0.1, 0.15) is 153 Å². The Morgan fingerprint density at radius 3 is 1.82 bits per heavy atom. The number of Topliss-reactive ketones (excluding diaryl/α,β-unsaturated/α-hetero) is 2. The molecule has 0 spiro atoms. The van der Waals surface area contributed by atoms with Crippen molar-refractivity contribution in [1.29, 1.82) is 0 Å². The topological polar surface area (TPSA) is 151 Å². The fourth-order valence-corrected chi connectivity index (χ4v) is 11.8. The second-order valence-corrected chi connectivity index (χ2v) is 21.3. The van der Waals surface area contributed by atoms with Gasteiger partial charge in [0.25, 0.3) is 0 Å². The van der Waals surface area contributed by atoms with Crippen molar-refractivity contribution < 1.29 is 28.8 Å². The van der Waals surface area contributed by atoms with Crippen molar-refractivity contribution in [3.63, 3.8) is 0 Å². The molecule has 0 radical (unpaired) electrons. The number of likely N-dealkylation sites (tertiary alicyclic amines) is 2. The lowest BCUT2D eigenvalue weighted by Crippen LogP contribution is -2.56. The molecular formula is C55H81N7O6. The number of carbonyl (C=O) groups is 6. The van der Waals surface area contributed by atoms with E-state index in [4.69, 9.17) is 0 Å². The molecule has 372 valence electrons. The van der Waals surface area contributed by atoms with Crippen molar-refractivity contribution in [2.24, 2.45) is 23.7 Å². The van der Waals surface area contributed by atoms with E-state index in [0.717, 1.165) is 83.1 Å². The summed E-state index contributed by atoms with van der Waals surface area (Å²) in [6.07, 6.45) is 9.87. The van der Waals surface area contributed by atoms with Gasteiger partial charge in [-0.25, -0.2) is 0 Å². The maximum atomic E-state index is 14.2. The van der Waals surface area contributed by atoms with Gasteiger partial charge in [-0.15, -0.1) is 0 Å². The molecule has 2 aliphatic carbocycles. The summed E-state index contributed by atoms with van der Waals surface area (Å²) >= 11 is 0. The Balaban J connectivity index is 0.981. The predicted molar refractivity (Wildman–Crippen MR) is 269 cm³/mol. The van der Waals surface area contributed by atoms with Crippen LogP contribution in [-0.4, -0.2) is 115 Å². The minimum atomic E-state index is -0.669. The van der Waals surface area contributed by atoms with Crippen molar-refractivity contribution in [1.82, 2.24) is 25.8 Å². The predicted octanol–water partition coefficient (Wildman–Crippen LogP) is 6.89. The van der Waals surface area contributed by atoms with Crippen LogP contribution in [0.4, 0.5) is 11.4 Å². The summed E-state index contributed by atoms with van der Waals surface area (Å²) in [5.74, 6) is -0.906. The van der Waals surface area contributed by atoms with Gasteiger partial charge < -0.3 is 35.6 Å². The Morgan fingerprint density at radius 1 is 0.662 bits per heavy atom. The lowest BCUT2D eigenvalue weighted by Gasteiger charge is -2.41. The van der Waals surface area contributed by atoms with Crippen molar-refractivity contribution in [3.05, 3.63) is 58.7 Å². The molecule has 68 heavy (non-hydrogen) atoms. The molecule has 7 rings (SSSR count). The molecular weight excluding hydrogens is 855 g/mol. The summed E-state index contributed by atoms with van der Waals surface area (Å²) in [5.41, 5.74) is 7.60. The number of benzene rings is 2. The number of amides is 4. The van der Waals surface area contributed by atoms with Crippen molar-refractivity contribution in [2.45, 2.75) is 168 Å². The van der Waals surface area contributed by atoms with Crippen LogP contribution in [0.15, 0.2) is 36.4 Å². The van der Waals surface area contributed by atoms with Gasteiger partial charge in [0.1, 0.15) is 17.9 Å². The highest BCUT2D eigenvalue weighted by atomic mass is 16.2. The standard InChI is InChI=1S/C55H81N7O6/c1-9-36(6)52(65)58-51(35(4)5)55(68)62-27-15-25-48(62)53(66)57-44-21-11-20-42-40(44)18-13-23-46(42)60-30-28-59(29-31-60)45-22-12-17-39-38(16-10-19-41(39)45)32-50(64)47-24-14-26-61(47)54(67)43(34(2)3)33-49(63)37(7)56-8/h12-13,17-18,22-23,34-38,43-44,47-48,51,56H,9-11,14-16,19-21,24-33H2,1-8H3,(H,57,66)(H,58,65)/t36-,37+,38+,43+,44-,47+,48+,51+/m1/s1. The number of nitrogens with zero attached hydrogens (tertiary/aromatic N) is 4. The molecule has 3 saturated heterocycles. The van der Waals surface area contributed by atoms with Crippen LogP contribution in [0.25, 0.3) is 0 Å². The molecule has 13 heteroatoms. The van der Waals surface area contributed by atoms with E-state index in [1.54, 1.807) is 16.8 Å². The molecule has 3 N–H and O–H groups in total. The molecule has 8 atom stereocenters. The quantitative estimate of drug-likeness (QED) is 0.145. The number of rotatable bonds is 18. The van der Waals surface area contributed by atoms with E-state index in [-0.39, 0.29) is 77.4 Å². The van der Waals surface area contributed by atoms with Gasteiger partial charge in [-0.05, 0) is 137 Å². The molecule has 2 aromatic carbocycles. The van der Waals surface area contributed by atoms with Crippen molar-refractivity contribution in [3.8, 4) is 0 Å². The molecule has 0 bridgehead atoms. The second-order valence-electron chi connectivity index (χ2n) is 21.3. The third kappa shape index (κ3) is 11.1. The molecule has 3 fully saturated rings. The van der Waals surface area contributed by atoms with E-state index in [2.05, 4.69) is 62.1 Å². The molecule has 2 aromatic rings. The van der Waals surface area contributed by atoms with Gasteiger partial charge in [0, 0.05) is 75.3 Å². The monoisotopic (exact) mass is 936 g/mol. The Hall–Kier alpha value is -4.78. The maximum absolute atomic E-state index is 14.2. The van der Waals surface area contributed by atoms with Crippen LogP contribution in [-0.2, 0) is 41.6 Å². The summed E-state index contributed by atoms with van der Waals surface area (Å²) in [6, 6.07) is 11.0. The van der Waals surface area contributed by atoms with Gasteiger partial charge in [-0.2, -0.15) is 0 Å². The summed E-state index contributed by atoms with van der Waals surface area (Å²) in [7, 11) is 1.76. The minimum absolute atomic E-state index is 0.00227. The normalized spacial score (nSPS) is 23.4. The van der Waals surface area contributed by atoms with Crippen LogP contribution < -0.4 is 25.8 Å². The number of hydrogen-bond donors (Lipinski definition) is 3. The summed E-state index contributed by atoms with van der Waals surface area (Å²) in [6.45, 7) is 18.1. The van der Waals surface area contributed by atoms with Gasteiger partial charge in [0.05, 0.1) is 18.1 Å². The SMILES string of the molecule is CC[C@@H](C)C(=O)N[C@H](C(=O)N1CCC[C@H]1C(=O)N[C@@H]1CCCc2c1cccc2N1CCN(c2cccc3c2CCC[C@H]3CC(=O)[C@@H]2CCCN2C(=O)[C@@H](CC(=O)[C@H](C)NC)C(C)C)CC1)C(C)C. The lowest BCUT2D eigenvalue weighted by molar-refractivity contribution is -0.144. The van der Waals surface area contributed by atoms with Crippen LogP contribution >= 0.6 is 0 Å². The first kappa shape index (κ1) is 51.1. The molecule has 5 aliphatic rings. The Morgan fingerprint density at radius 2 is 1.24 bits per heavy atom. The van der Waals surface area contributed by atoms with E-state index < -0.39 is 24.0 Å². The minimum Gasteiger partial charge on any atom is -0.368 e. The number of anilines is 2. The zero-order chi connectivity index (χ0) is 48.8. The fourth-order valence-electron chi connectivity index (χ4n) is 11.8. The fraction of sp³-hybridized carbons (Fsp3) is 0.673. The summed E-state index contributed by atoms with van der Waals surface area (Å²) in [4.78, 5) is 90.5. The Bertz CT molecular complexity index is 2000. The first-order valence-electron chi connectivity index (χ1n) is 26.3. The van der Waals surface area contributed by atoms with Gasteiger partial charge >= 0.3 is 0 Å². The number of carbonyl (C=O) groups excluding carboxylic acids is 6. The highest BCUT2D eigenvalue weighted by Crippen LogP contribution is 2.41. The first-order valence-corrected chi connectivity index (χ1v) is 26.3. The molecule has 0 saturated carbocycles. The van der Waals surface area contributed by atoms with E-state index in [9.17, 15) is 28.8 Å². The zero-order valence-electron chi connectivity index (χ0n) is 42.4. The number of nitrogens with one attached hydrogen (secondary N) is 3. The van der Waals surface area contributed by atoms with Gasteiger partial charge in [0.2, 0.25) is 23.6 Å². The average molecular weight is 936 g/mol. The maximum Gasteiger partial charge on any atom is 0.246 e. The van der Waals surface area contributed by atoms with E-state index in [1.165, 1.54) is 28.1 Å². The molecule has 4 amide bonds. The van der Waals surface area contributed by atoms with Crippen LogP contribution in [0.3, 0.4) is 0 Å². The van der Waals surface area contributed by atoms with Crippen LogP contribution in [0.2, 0.25) is 0 Å². The van der Waals surface area contributed by atoms with Gasteiger partial charge in [-0.3, -0.25) is 28.8 Å². The summed E-state index contributed by atoms with van der Waals surface area (Å²) < 4.78 is 0. The number of hydrogen-bond acceptors (Lipinski definition) is 9. The Kier molecular flexibility index (Phi) is 17.1. The third-order valence-corrected chi connectivity index (χ3v) is 16.3. The highest BCUT2D eigenvalue weighted by molar-refractivity contribution is 5.94. The highest BCUT2D eigenvalue weighted by Gasteiger charge is 2.42. The lowest BCUT2D eigenvalue weighted by atomic mass is 9.78. The largest absolute Gasteiger partial charge is 0.368 e. The van der Waals surface area contributed by atoms with Crippen molar-refractivity contribution >= 4 is 46.6 Å². The molecule has 3 aliphatic heterocycles. The number of ketones is 2.